The van der Waals surface area contributed by atoms with Crippen molar-refractivity contribution in [3.63, 3.8) is 0 Å². The second-order valence-electron chi connectivity index (χ2n) is 27.2. The van der Waals surface area contributed by atoms with Crippen molar-refractivity contribution in [1.82, 2.24) is 69.1 Å². The van der Waals surface area contributed by atoms with E-state index in [1.807, 2.05) is 6.92 Å². The average molecular weight is 1460 g/mol. The zero-order valence-corrected chi connectivity index (χ0v) is 61.8. The molecule has 36 heteroatoms. The SMILES string of the molecule is CCCC[C@H](NC(=O)[C@H](CC(C)C)NC(=O)[C@H](CCCCN)NC(=O)[C@H](CCCN=C(N)N)NC(=O)[C@H](CC(N)=O)NC(=O)[C@@H]1CCCCNC(=O)CC[C@H](NC(C)=O)C(=O)N[C@@H](C)C(=O)N[C@@H](CC(C)C)C(=O)N1)C(=O)N[C@@H](CCC(=O)O)C(=O)N[C@H](C(=O)N[C@H](C(N)=O)[C@@H](C)CC)[C@@H](C)CC. The Labute approximate surface area is 603 Å². The number of carbonyl (C=O) groups excluding carboxylic acids is 15. The first-order chi connectivity index (χ1) is 48.4. The number of nitrogens with zero attached hydrogens (tertiary/aromatic N) is 1. The molecule has 1 fully saturated rings. The van der Waals surface area contributed by atoms with Crippen molar-refractivity contribution in [2.45, 2.75) is 277 Å². The minimum atomic E-state index is -1.83. The second kappa shape index (κ2) is 48.6. The van der Waals surface area contributed by atoms with Gasteiger partial charge in [0.05, 0.1) is 6.42 Å². The van der Waals surface area contributed by atoms with Crippen molar-refractivity contribution in [2.24, 2.45) is 57.3 Å². The van der Waals surface area contributed by atoms with E-state index in [0.29, 0.717) is 32.1 Å². The van der Waals surface area contributed by atoms with Gasteiger partial charge in [0.25, 0.3) is 0 Å². The van der Waals surface area contributed by atoms with Gasteiger partial charge >= 0.3 is 5.97 Å². The number of hydrogen-bond donors (Lipinski definition) is 19. The topological polar surface area (TPSA) is 592 Å². The van der Waals surface area contributed by atoms with Crippen LogP contribution in [0.5, 0.6) is 0 Å². The van der Waals surface area contributed by atoms with E-state index in [1.54, 1.807) is 55.4 Å². The highest BCUT2D eigenvalue weighted by Gasteiger charge is 2.38. The molecule has 14 atom stereocenters. The molecule has 36 nitrogen and oxygen atoms in total. The number of amides is 15. The molecule has 0 radical (unpaired) electrons. The summed E-state index contributed by atoms with van der Waals surface area (Å²) in [4.78, 5) is 222. The van der Waals surface area contributed by atoms with Crippen LogP contribution in [0, 0.1) is 23.7 Å². The smallest absolute Gasteiger partial charge is 0.303 e. The summed E-state index contributed by atoms with van der Waals surface area (Å²) in [5.74, 6) is -15.8. The normalized spacial score (nSPS) is 19.2. The van der Waals surface area contributed by atoms with Crippen LogP contribution >= 0.6 is 0 Å². The summed E-state index contributed by atoms with van der Waals surface area (Å²) in [5.41, 5.74) is 28.3. The molecule has 15 amide bonds. The van der Waals surface area contributed by atoms with Gasteiger partial charge in [-0.25, -0.2) is 0 Å². The van der Waals surface area contributed by atoms with E-state index in [4.69, 9.17) is 28.7 Å². The molecule has 1 saturated heterocycles. The van der Waals surface area contributed by atoms with Crippen LogP contribution in [0.4, 0.5) is 0 Å². The molecule has 0 spiro atoms. The van der Waals surface area contributed by atoms with E-state index in [-0.39, 0.29) is 120 Å². The Balaban J connectivity index is 3.79. The van der Waals surface area contributed by atoms with Crippen LogP contribution in [0.25, 0.3) is 0 Å². The third-order valence-electron chi connectivity index (χ3n) is 17.2. The fourth-order valence-electron chi connectivity index (χ4n) is 10.9. The maximum atomic E-state index is 14.7. The highest BCUT2D eigenvalue weighted by atomic mass is 16.4. The number of rotatable bonds is 42. The Morgan fingerprint density at radius 1 is 0.563 bits per heavy atom. The van der Waals surface area contributed by atoms with Gasteiger partial charge in [0.2, 0.25) is 88.6 Å². The van der Waals surface area contributed by atoms with Crippen LogP contribution in [-0.2, 0) is 76.7 Å². The lowest BCUT2D eigenvalue weighted by molar-refractivity contribution is -0.139. The van der Waals surface area contributed by atoms with Gasteiger partial charge in [0, 0.05) is 32.9 Å². The first-order valence-corrected chi connectivity index (χ1v) is 35.8. The number of nitrogens with one attached hydrogen (secondary N) is 13. The van der Waals surface area contributed by atoms with Gasteiger partial charge in [-0.15, -0.1) is 0 Å². The molecule has 0 aromatic carbocycles. The number of guanidine groups is 1. The van der Waals surface area contributed by atoms with Crippen molar-refractivity contribution >= 4 is 101 Å². The molecule has 0 unspecified atom stereocenters. The minimum Gasteiger partial charge on any atom is -0.481 e. The van der Waals surface area contributed by atoms with Gasteiger partial charge in [-0.3, -0.25) is 81.7 Å². The van der Waals surface area contributed by atoms with Gasteiger partial charge in [0.1, 0.15) is 72.5 Å². The lowest BCUT2D eigenvalue weighted by atomic mass is 9.94. The van der Waals surface area contributed by atoms with Crippen LogP contribution in [-0.4, -0.2) is 198 Å². The molecule has 1 aliphatic rings. The Kier molecular flexibility index (Phi) is 43.3. The van der Waals surface area contributed by atoms with E-state index in [0.717, 1.165) is 0 Å². The van der Waals surface area contributed by atoms with Crippen molar-refractivity contribution in [1.29, 1.82) is 0 Å². The Morgan fingerprint density at radius 3 is 1.58 bits per heavy atom. The first-order valence-electron chi connectivity index (χ1n) is 35.8. The predicted molar refractivity (Wildman–Crippen MR) is 381 cm³/mol. The van der Waals surface area contributed by atoms with E-state index < -0.39 is 192 Å². The van der Waals surface area contributed by atoms with Crippen LogP contribution < -0.4 is 97.8 Å². The number of hydrogen-bond acceptors (Lipinski definition) is 18. The van der Waals surface area contributed by atoms with Crippen LogP contribution in [0.1, 0.15) is 205 Å². The lowest BCUT2D eigenvalue weighted by Crippen LogP contribution is -2.61. The van der Waals surface area contributed by atoms with Gasteiger partial charge in [-0.05, 0) is 121 Å². The van der Waals surface area contributed by atoms with Crippen molar-refractivity contribution in [3.05, 3.63) is 0 Å². The van der Waals surface area contributed by atoms with Crippen LogP contribution in [0.3, 0.4) is 0 Å². The predicted octanol–water partition coefficient (Wildman–Crippen LogP) is -3.29. The summed E-state index contributed by atoms with van der Waals surface area (Å²) < 4.78 is 0. The molecule has 0 saturated carbocycles. The minimum absolute atomic E-state index is 0.00268. The Morgan fingerprint density at radius 2 is 1.08 bits per heavy atom. The number of aliphatic imine (C=N–C) groups is 1. The zero-order valence-electron chi connectivity index (χ0n) is 61.8. The van der Waals surface area contributed by atoms with Crippen LogP contribution in [0.2, 0.25) is 0 Å². The quantitative estimate of drug-likeness (QED) is 0.0162. The fourth-order valence-corrected chi connectivity index (χ4v) is 10.9. The molecule has 0 aromatic heterocycles. The molecular weight excluding hydrogens is 1340 g/mol. The first kappa shape index (κ1) is 91.8. The van der Waals surface area contributed by atoms with E-state index in [9.17, 15) is 81.8 Å². The van der Waals surface area contributed by atoms with Gasteiger partial charge in [-0.1, -0.05) is 88.0 Å². The molecule has 1 heterocycles. The molecule has 0 bridgehead atoms. The van der Waals surface area contributed by atoms with E-state index in [2.05, 4.69) is 74.1 Å². The molecule has 1 aliphatic heterocycles. The van der Waals surface area contributed by atoms with Gasteiger partial charge in [-0.2, -0.15) is 0 Å². The standard InChI is InChI=1S/C67H119N19O17/c1-12-15-21-41(58(95)81-46(26-28-52(90)91)62(99)86-54(38(9)14-3)66(103)85-53(55(70)92)37(8)13-2)78-64(101)48(33-36(6)7)83-60(97)42(22-16-18-29-68)77-59(96)44(24-20-31-74-67(71)72)80-65(102)49(34-50(69)88)84-61(98)43-23-17-19-30-73-51(89)27-25-45(76-40(11)87)57(94)75-39(10)56(93)82-47(32-35(4)5)63(100)79-43/h35-39,41-49,53-54H,12-34,68H2,1-11H3,(H2,69,88)(H2,70,92)(H,73,89)(H,75,94)(H,76,87)(H,77,96)(H,78,101)(H,79,100)(H,80,102)(H,81,95)(H,82,93)(H,83,97)(H,84,98)(H,85,103)(H,86,99)(H,90,91)(H4,71,72,74)/t37-,38-,39-,41-,42-,43-,44-,45-,46-,47-,48-,49-,53-,54-/m0/s1. The summed E-state index contributed by atoms with van der Waals surface area (Å²) >= 11 is 0. The van der Waals surface area contributed by atoms with Crippen molar-refractivity contribution in [3.8, 4) is 0 Å². The average Bonchev–Trinajstić information content (AvgIpc) is 0.851. The van der Waals surface area contributed by atoms with Crippen molar-refractivity contribution in [2.75, 3.05) is 19.6 Å². The van der Waals surface area contributed by atoms with Gasteiger partial charge < -0.3 is 103 Å². The summed E-state index contributed by atoms with van der Waals surface area (Å²) in [6.45, 7) is 18.5. The Hall–Kier alpha value is -9.25. The summed E-state index contributed by atoms with van der Waals surface area (Å²) in [6.07, 6.45) is 0.0426. The van der Waals surface area contributed by atoms with Gasteiger partial charge in [0.15, 0.2) is 5.96 Å². The van der Waals surface area contributed by atoms with E-state index >= 15 is 0 Å². The zero-order chi connectivity index (χ0) is 78.2. The van der Waals surface area contributed by atoms with Crippen molar-refractivity contribution < 1.29 is 81.8 Å². The molecular formula is C67H119N19O17. The fraction of sp³-hybridized carbons (Fsp3) is 0.746. The molecule has 0 aromatic rings. The maximum Gasteiger partial charge on any atom is 0.303 e. The number of aliphatic carboxylic acids is 1. The van der Waals surface area contributed by atoms with E-state index in [1.165, 1.54) is 13.8 Å². The number of carboxylic acid groups (broad SMARTS) is 1. The summed E-state index contributed by atoms with van der Waals surface area (Å²) in [5, 5.41) is 43.5. The molecule has 584 valence electrons. The molecule has 24 N–H and O–H groups in total. The third kappa shape index (κ3) is 36.5. The maximum absolute atomic E-state index is 14.7. The highest BCUT2D eigenvalue weighted by Crippen LogP contribution is 2.17. The number of nitrogens with two attached hydrogens (primary N) is 5. The largest absolute Gasteiger partial charge is 0.481 e. The number of primary amides is 2. The summed E-state index contributed by atoms with van der Waals surface area (Å²) in [7, 11) is 0. The monoisotopic (exact) mass is 1460 g/mol. The Bertz CT molecular complexity index is 2890. The number of carbonyl (C=O) groups is 16. The lowest BCUT2D eigenvalue weighted by Gasteiger charge is -2.30. The molecule has 103 heavy (non-hydrogen) atoms. The highest BCUT2D eigenvalue weighted by molar-refractivity contribution is 6.00. The van der Waals surface area contributed by atoms with Crippen LogP contribution in [0.15, 0.2) is 4.99 Å². The third-order valence-corrected chi connectivity index (χ3v) is 17.2. The molecule has 0 aliphatic carbocycles. The molecule has 1 rings (SSSR count). The number of carboxylic acids is 1. The summed E-state index contributed by atoms with van der Waals surface area (Å²) in [6, 6.07) is -16.8. The second-order valence-corrected chi connectivity index (χ2v) is 27.2. The number of unbranched alkanes of at least 4 members (excludes halogenated alkanes) is 2.